The minimum absolute atomic E-state index is 0. The van der Waals surface area contributed by atoms with Crippen molar-refractivity contribution < 1.29 is 38.4 Å². The van der Waals surface area contributed by atoms with Crippen LogP contribution < -0.4 is 41.6 Å². The van der Waals surface area contributed by atoms with Gasteiger partial charge in [0.1, 0.15) is 28.5 Å². The van der Waals surface area contributed by atoms with Crippen LogP contribution in [0.2, 0.25) is 0 Å². The van der Waals surface area contributed by atoms with Crippen LogP contribution >= 0.6 is 81.0 Å². The second kappa shape index (κ2) is 53.2. The maximum Gasteiger partial charge on any atom is 0.344 e. The Labute approximate surface area is 656 Å². The van der Waals surface area contributed by atoms with Crippen molar-refractivity contribution in [3.63, 3.8) is 0 Å². The van der Waals surface area contributed by atoms with Crippen molar-refractivity contribution in [1.29, 1.82) is 5.26 Å². The number of nitrogens with zero attached hydrogens (tertiary/aromatic N) is 6. The molecule has 0 unspecified atom stereocenters. The Morgan fingerprint density at radius 3 is 1.25 bits per heavy atom. The lowest BCUT2D eigenvalue weighted by Gasteiger charge is -2.32. The van der Waals surface area contributed by atoms with E-state index in [9.17, 15) is 14.7 Å². The standard InChI is InChI=1S/C19H30N2O3.C18H28N2O3.C14H19N3.C13H20N2O2.C13H26N2.6H2S/c1-19(2,3)24-18(22)14-23-16-9-7-8-15(12-16)17(20-4)13-21-10-5-6-11-21;1-18(2,3)23-17(21)13-22-15-8-6-7-14(11-15)16(19)12-20-9-4-5-10-20;1-16-14(11-17-7-2-3-8-17)13-6-4-5-12(9-13)10-15;1-17-12-4-2-3-10(7-12)13(14)9-15-6-5-11(16)8-15;1-14-13(11-15-9-5-6-10-15)12-7-3-2-4-8-12;;;;;;/h7-9,12,17,20H,5-6,10-11,13-14H2,1-4H3;6-8,11,16H,4-5,9-10,12-13,19H2,1-3H3;4-6,9,14,16H,2-3,7-8,11H2,1H3;2-4,7,11,13,16H,5-6,8-9,14H2,1H3;12-14H,2-11H2,1H3;6*1H2/t17-;16-;14-;11-,13+;13-;;;;;;/m11101....../s1. The Morgan fingerprint density at radius 1 is 0.490 bits per heavy atom. The van der Waals surface area contributed by atoms with Crippen LogP contribution in [0.15, 0.2) is 97.1 Å². The van der Waals surface area contributed by atoms with Crippen LogP contribution in [0.25, 0.3) is 0 Å². The highest BCUT2D eigenvalue weighted by molar-refractivity contribution is 7.60. The van der Waals surface area contributed by atoms with E-state index in [1.165, 1.54) is 140 Å². The monoisotopic (exact) mass is 1530 g/mol. The van der Waals surface area contributed by atoms with Gasteiger partial charge in [0.15, 0.2) is 13.2 Å². The van der Waals surface area contributed by atoms with Crippen molar-refractivity contribution >= 4 is 92.9 Å². The average Bonchev–Trinajstić information content (AvgIpc) is 1.07. The Bertz CT molecular complexity index is 2900. The maximum atomic E-state index is 11.8. The lowest BCUT2D eigenvalue weighted by Crippen LogP contribution is -2.43. The molecule has 25 heteroatoms. The first-order chi connectivity index (χ1) is 46.1. The van der Waals surface area contributed by atoms with Crippen LogP contribution in [0.5, 0.6) is 17.2 Å². The van der Waals surface area contributed by atoms with Gasteiger partial charge in [-0.3, -0.25) is 4.90 Å². The number of nitrogens with two attached hydrogens (primary N) is 2. The van der Waals surface area contributed by atoms with E-state index in [0.29, 0.717) is 17.5 Å². The van der Waals surface area contributed by atoms with Crippen molar-refractivity contribution in [2.24, 2.45) is 17.4 Å². The van der Waals surface area contributed by atoms with Crippen LogP contribution in [0.1, 0.15) is 183 Å². The van der Waals surface area contributed by atoms with Crippen molar-refractivity contribution in [2.75, 3.05) is 140 Å². The first-order valence-corrected chi connectivity index (χ1v) is 36.0. The van der Waals surface area contributed by atoms with Crippen LogP contribution in [-0.2, 0) is 19.1 Å². The van der Waals surface area contributed by atoms with Gasteiger partial charge in [-0.2, -0.15) is 86.2 Å². The Morgan fingerprint density at radius 2 is 0.863 bits per heavy atom. The molecule has 5 heterocycles. The number of rotatable bonds is 25. The van der Waals surface area contributed by atoms with E-state index in [2.05, 4.69) is 65.7 Å². The van der Waals surface area contributed by atoms with E-state index in [1.807, 2.05) is 141 Å². The number of carbonyl (C=O) groups is 2. The molecule has 6 fully saturated rings. The van der Waals surface area contributed by atoms with E-state index in [1.54, 1.807) is 7.11 Å². The van der Waals surface area contributed by atoms with Gasteiger partial charge in [0, 0.05) is 76.0 Å². The zero-order valence-electron chi connectivity index (χ0n) is 63.3. The molecule has 5 aliphatic heterocycles. The molecule has 6 aliphatic rings. The molecule has 102 heavy (non-hydrogen) atoms. The smallest absolute Gasteiger partial charge is 0.344 e. The molecule has 4 aromatic rings. The summed E-state index contributed by atoms with van der Waals surface area (Å²) in [4.78, 5) is 35.7. The highest BCUT2D eigenvalue weighted by atomic mass is 32.1. The normalized spacial score (nSPS) is 18.5. The highest BCUT2D eigenvalue weighted by Gasteiger charge is 2.27. The van der Waals surface area contributed by atoms with Crippen molar-refractivity contribution in [3.05, 3.63) is 125 Å². The quantitative estimate of drug-likeness (QED) is 0.0339. The summed E-state index contributed by atoms with van der Waals surface area (Å²) in [6, 6.07) is 34.8. The van der Waals surface area contributed by atoms with Gasteiger partial charge >= 0.3 is 11.9 Å². The molecular formula is C77H135N11O8S6. The summed E-state index contributed by atoms with van der Waals surface area (Å²) in [5.74, 6) is 2.40. The second-order valence-corrected chi connectivity index (χ2v) is 28.8. The summed E-state index contributed by atoms with van der Waals surface area (Å²) in [6.45, 7) is 27.2. The number of likely N-dealkylation sites (N-methyl/N-ethyl adjacent to an activating group) is 3. The molecule has 0 aromatic heterocycles. The lowest BCUT2D eigenvalue weighted by atomic mass is 9.84. The molecule has 8 N–H and O–H groups in total. The fourth-order valence-electron chi connectivity index (χ4n) is 13.5. The van der Waals surface area contributed by atoms with Crippen LogP contribution in [0.4, 0.5) is 0 Å². The molecule has 5 saturated heterocycles. The average molecular weight is 1540 g/mol. The fraction of sp³-hybridized carbons (Fsp3) is 0.649. The minimum atomic E-state index is -0.500. The van der Waals surface area contributed by atoms with E-state index < -0.39 is 11.2 Å². The number of hydrogen-bond donors (Lipinski definition) is 6. The number of esters is 2. The molecular weight excluding hydrogens is 1400 g/mol. The third kappa shape index (κ3) is 38.3. The summed E-state index contributed by atoms with van der Waals surface area (Å²) in [5, 5.41) is 28.7. The van der Waals surface area contributed by atoms with E-state index in [0.717, 1.165) is 93.2 Å². The molecule has 582 valence electrons. The van der Waals surface area contributed by atoms with Gasteiger partial charge < -0.3 is 75.8 Å². The van der Waals surface area contributed by atoms with Crippen LogP contribution in [0, 0.1) is 17.2 Å². The maximum absolute atomic E-state index is 11.8. The summed E-state index contributed by atoms with van der Waals surface area (Å²) in [7, 11) is 7.77. The molecule has 1 aliphatic carbocycles. The molecule has 6 atom stereocenters. The lowest BCUT2D eigenvalue weighted by molar-refractivity contribution is -0.158. The number of likely N-dealkylation sites (tertiary alicyclic amines) is 5. The van der Waals surface area contributed by atoms with Gasteiger partial charge in [0.25, 0.3) is 0 Å². The summed E-state index contributed by atoms with van der Waals surface area (Å²) in [6.07, 6.45) is 18.5. The third-order valence-corrected chi connectivity index (χ3v) is 18.6. The number of β-amino-alcohol motifs (C(OH)–C–C–N with tert-alkyl or cyclic N) is 1. The number of carbonyl (C=O) groups excluding carboxylic acids is 2. The van der Waals surface area contributed by atoms with E-state index >= 15 is 0 Å². The molecule has 10 rings (SSSR count). The highest BCUT2D eigenvalue weighted by Crippen LogP contribution is 2.29. The predicted molar refractivity (Wildman–Crippen MR) is 449 cm³/mol. The van der Waals surface area contributed by atoms with E-state index in [-0.39, 0.29) is 130 Å². The van der Waals surface area contributed by atoms with Crippen LogP contribution in [0.3, 0.4) is 0 Å². The molecule has 0 amide bonds. The topological polar surface area (TPSA) is 229 Å². The summed E-state index contributed by atoms with van der Waals surface area (Å²) < 4.78 is 26.8. The number of aliphatic hydroxyl groups excluding tert-OH is 1. The number of hydrogen-bond acceptors (Lipinski definition) is 19. The first kappa shape index (κ1) is 98.4. The number of methoxy groups -OCH3 is 1. The van der Waals surface area contributed by atoms with Gasteiger partial charge in [-0.05, 0) is 262 Å². The van der Waals surface area contributed by atoms with Gasteiger partial charge in [0.05, 0.1) is 24.8 Å². The van der Waals surface area contributed by atoms with E-state index in [4.69, 9.17) is 40.4 Å². The van der Waals surface area contributed by atoms with Crippen molar-refractivity contribution in [1.82, 2.24) is 40.4 Å². The Balaban J connectivity index is 0.00000124. The van der Waals surface area contributed by atoms with Gasteiger partial charge in [-0.25, -0.2) is 9.59 Å². The first-order valence-electron chi connectivity index (χ1n) is 36.0. The molecule has 0 spiro atoms. The Hall–Kier alpha value is -3.63. The summed E-state index contributed by atoms with van der Waals surface area (Å²) >= 11 is 0. The number of aliphatic hydroxyl groups is 1. The number of nitrogens with one attached hydrogen (secondary N) is 3. The Kier molecular flexibility index (Phi) is 51.3. The molecule has 0 radical (unpaired) electrons. The molecule has 19 nitrogen and oxygen atoms in total. The fourth-order valence-corrected chi connectivity index (χ4v) is 13.5. The number of benzene rings is 4. The molecule has 4 aromatic carbocycles. The largest absolute Gasteiger partial charge is 0.497 e. The van der Waals surface area contributed by atoms with Gasteiger partial charge in [0.2, 0.25) is 0 Å². The number of nitriles is 1. The van der Waals surface area contributed by atoms with Gasteiger partial charge in [-0.15, -0.1) is 0 Å². The summed E-state index contributed by atoms with van der Waals surface area (Å²) in [5.41, 5.74) is 16.7. The van der Waals surface area contributed by atoms with Crippen molar-refractivity contribution in [3.8, 4) is 23.3 Å². The molecule has 1 saturated carbocycles. The van der Waals surface area contributed by atoms with Gasteiger partial charge in [-0.1, -0.05) is 67.8 Å². The SMILES string of the molecule is CC(C)(C)OC(=O)COc1cccc([C@H](N)CN2CCCC2)c1.CN[C@H](CN1CCCC1)C1CCCCC1.CN[C@H](CN1CCCC1)c1cccc(C#N)c1.CN[C@H](CN1CCCC1)c1cccc(OCC(=O)OC(C)(C)C)c1.COc1cccc([C@H](N)CN2CC[C@H](O)C2)c1.S.S.S.S.S.S. The second-order valence-electron chi connectivity index (χ2n) is 28.8. The third-order valence-electron chi connectivity index (χ3n) is 18.6. The zero-order chi connectivity index (χ0) is 69.3. The minimum Gasteiger partial charge on any atom is -0.497 e. The predicted octanol–water partition coefficient (Wildman–Crippen LogP) is 10.9. The number of ether oxygens (including phenoxy) is 5. The van der Waals surface area contributed by atoms with Crippen molar-refractivity contribution in [2.45, 2.75) is 179 Å². The van der Waals surface area contributed by atoms with Crippen LogP contribution in [-0.4, -0.2) is 205 Å². The zero-order valence-corrected chi connectivity index (χ0v) is 69.3. The molecule has 0 bridgehead atoms.